The first kappa shape index (κ1) is 13.6. The Hall–Kier alpha value is -0.800. The van der Waals surface area contributed by atoms with Gasteiger partial charge in [-0.25, -0.2) is 0 Å². The van der Waals surface area contributed by atoms with E-state index in [4.69, 9.17) is 9.15 Å². The highest BCUT2D eigenvalue weighted by molar-refractivity contribution is 5.15. The van der Waals surface area contributed by atoms with E-state index in [1.54, 1.807) is 6.26 Å². The third-order valence-corrected chi connectivity index (χ3v) is 4.21. The second-order valence-electron chi connectivity index (χ2n) is 5.60. The summed E-state index contributed by atoms with van der Waals surface area (Å²) in [7, 11) is 1.95. The molecule has 3 unspecified atom stereocenters. The highest BCUT2D eigenvalue weighted by Crippen LogP contribution is 2.31. The van der Waals surface area contributed by atoms with Crippen molar-refractivity contribution < 1.29 is 9.15 Å². The number of nitrogens with one attached hydrogen (secondary N) is 1. The smallest absolute Gasteiger partial charge is 0.133 e. The molecule has 1 fully saturated rings. The van der Waals surface area contributed by atoms with Crippen molar-refractivity contribution in [2.75, 3.05) is 7.05 Å². The predicted octanol–water partition coefficient (Wildman–Crippen LogP) is 3.34. The normalized spacial score (nSPS) is 28.5. The van der Waals surface area contributed by atoms with Crippen molar-refractivity contribution in [3.63, 3.8) is 0 Å². The molecule has 1 heterocycles. The molecule has 0 aromatic carbocycles. The average Bonchev–Trinajstić information content (AvgIpc) is 2.79. The van der Waals surface area contributed by atoms with E-state index in [1.165, 1.54) is 24.8 Å². The summed E-state index contributed by atoms with van der Waals surface area (Å²) in [5.41, 5.74) is 1.20. The SMILES string of the molecule is CNCc1ccoc1COC1CCC(C)C(C)C1. The Balaban J connectivity index is 1.82. The van der Waals surface area contributed by atoms with E-state index in [-0.39, 0.29) is 0 Å². The van der Waals surface area contributed by atoms with Gasteiger partial charge in [0.15, 0.2) is 0 Å². The minimum atomic E-state index is 0.406. The van der Waals surface area contributed by atoms with E-state index in [9.17, 15) is 0 Å². The van der Waals surface area contributed by atoms with Crippen LogP contribution in [0, 0.1) is 11.8 Å². The summed E-state index contributed by atoms with van der Waals surface area (Å²) < 4.78 is 11.5. The van der Waals surface area contributed by atoms with Gasteiger partial charge in [0.25, 0.3) is 0 Å². The fourth-order valence-electron chi connectivity index (χ4n) is 2.68. The zero-order valence-corrected chi connectivity index (χ0v) is 11.7. The van der Waals surface area contributed by atoms with E-state index in [0.717, 1.165) is 24.1 Å². The molecule has 0 saturated heterocycles. The maximum absolute atomic E-state index is 6.01. The second-order valence-corrected chi connectivity index (χ2v) is 5.60. The Bertz CT molecular complexity index is 361. The lowest BCUT2D eigenvalue weighted by Gasteiger charge is -2.31. The van der Waals surface area contributed by atoms with Crippen LogP contribution in [0.15, 0.2) is 16.7 Å². The van der Waals surface area contributed by atoms with Crippen LogP contribution in [0.4, 0.5) is 0 Å². The molecule has 0 bridgehead atoms. The third-order valence-electron chi connectivity index (χ3n) is 4.21. The van der Waals surface area contributed by atoms with E-state index < -0.39 is 0 Å². The first-order valence-electron chi connectivity index (χ1n) is 7.02. The zero-order valence-electron chi connectivity index (χ0n) is 11.7. The lowest BCUT2D eigenvalue weighted by molar-refractivity contribution is -0.0143. The van der Waals surface area contributed by atoms with Crippen LogP contribution in [0.3, 0.4) is 0 Å². The summed E-state index contributed by atoms with van der Waals surface area (Å²) in [6.45, 7) is 6.13. The van der Waals surface area contributed by atoms with Crippen LogP contribution in [0.2, 0.25) is 0 Å². The maximum Gasteiger partial charge on any atom is 0.133 e. The highest BCUT2D eigenvalue weighted by Gasteiger charge is 2.25. The molecule has 0 radical (unpaired) electrons. The van der Waals surface area contributed by atoms with Crippen molar-refractivity contribution >= 4 is 0 Å². The number of hydrogen-bond donors (Lipinski definition) is 1. The molecule has 1 aliphatic rings. The van der Waals surface area contributed by atoms with Gasteiger partial charge >= 0.3 is 0 Å². The van der Waals surface area contributed by atoms with Crippen LogP contribution in [-0.4, -0.2) is 13.2 Å². The lowest BCUT2D eigenvalue weighted by Crippen LogP contribution is -2.26. The molecular formula is C15H25NO2. The molecule has 102 valence electrons. The standard InChI is InChI=1S/C15H25NO2/c1-11-4-5-14(8-12(11)2)18-10-15-13(9-16-3)6-7-17-15/h6-7,11-12,14,16H,4-5,8-10H2,1-3H3. The van der Waals surface area contributed by atoms with Gasteiger partial charge in [-0.05, 0) is 44.2 Å². The van der Waals surface area contributed by atoms with Gasteiger partial charge in [-0.2, -0.15) is 0 Å². The lowest BCUT2D eigenvalue weighted by atomic mass is 9.80. The first-order valence-corrected chi connectivity index (χ1v) is 7.02. The molecule has 1 aromatic rings. The summed E-state index contributed by atoms with van der Waals surface area (Å²) in [5, 5.41) is 3.15. The molecule has 0 aliphatic heterocycles. The largest absolute Gasteiger partial charge is 0.467 e. The van der Waals surface area contributed by atoms with Crippen molar-refractivity contribution in [1.82, 2.24) is 5.32 Å². The van der Waals surface area contributed by atoms with Gasteiger partial charge in [-0.15, -0.1) is 0 Å². The Kier molecular flexibility index (Phi) is 4.84. The molecule has 18 heavy (non-hydrogen) atoms. The molecule has 1 aromatic heterocycles. The van der Waals surface area contributed by atoms with Gasteiger partial charge in [-0.1, -0.05) is 13.8 Å². The molecule has 3 heteroatoms. The fourth-order valence-corrected chi connectivity index (χ4v) is 2.68. The molecule has 2 rings (SSSR count). The fraction of sp³-hybridized carbons (Fsp3) is 0.733. The summed E-state index contributed by atoms with van der Waals surface area (Å²) >= 11 is 0. The molecule has 3 atom stereocenters. The van der Waals surface area contributed by atoms with Gasteiger partial charge in [0.1, 0.15) is 12.4 Å². The topological polar surface area (TPSA) is 34.4 Å². The van der Waals surface area contributed by atoms with Crippen LogP contribution in [-0.2, 0) is 17.9 Å². The van der Waals surface area contributed by atoms with Crippen LogP contribution in [0.25, 0.3) is 0 Å². The summed E-state index contributed by atoms with van der Waals surface area (Å²) in [6.07, 6.45) is 5.81. The highest BCUT2D eigenvalue weighted by atomic mass is 16.5. The van der Waals surface area contributed by atoms with Crippen molar-refractivity contribution in [3.05, 3.63) is 23.7 Å². The van der Waals surface area contributed by atoms with E-state index >= 15 is 0 Å². The molecule has 3 nitrogen and oxygen atoms in total. The molecule has 0 amide bonds. The maximum atomic E-state index is 6.01. The summed E-state index contributed by atoms with van der Waals surface area (Å²) in [4.78, 5) is 0. The van der Waals surface area contributed by atoms with Crippen molar-refractivity contribution in [2.24, 2.45) is 11.8 Å². The number of ether oxygens (including phenoxy) is 1. The Morgan fingerprint density at radius 2 is 2.17 bits per heavy atom. The second kappa shape index (κ2) is 6.39. The van der Waals surface area contributed by atoms with Crippen LogP contribution >= 0.6 is 0 Å². The van der Waals surface area contributed by atoms with Gasteiger partial charge in [0.05, 0.1) is 12.4 Å². The predicted molar refractivity (Wildman–Crippen MR) is 72.2 cm³/mol. The summed E-state index contributed by atoms with van der Waals surface area (Å²) in [5.74, 6) is 2.58. The minimum Gasteiger partial charge on any atom is -0.467 e. The van der Waals surface area contributed by atoms with Crippen molar-refractivity contribution in [3.8, 4) is 0 Å². The molecule has 0 spiro atoms. The molecular weight excluding hydrogens is 226 g/mol. The van der Waals surface area contributed by atoms with Crippen LogP contribution < -0.4 is 5.32 Å². The first-order chi connectivity index (χ1) is 8.70. The average molecular weight is 251 g/mol. The molecule has 1 saturated carbocycles. The molecule has 1 N–H and O–H groups in total. The van der Waals surface area contributed by atoms with Gasteiger partial charge in [-0.3, -0.25) is 0 Å². The number of furan rings is 1. The van der Waals surface area contributed by atoms with Gasteiger partial charge in [0, 0.05) is 12.1 Å². The van der Waals surface area contributed by atoms with Gasteiger partial charge < -0.3 is 14.5 Å². The Morgan fingerprint density at radius 1 is 1.33 bits per heavy atom. The monoisotopic (exact) mass is 251 g/mol. The van der Waals surface area contributed by atoms with Gasteiger partial charge in [0.2, 0.25) is 0 Å². The van der Waals surface area contributed by atoms with E-state index in [1.807, 2.05) is 13.1 Å². The quantitative estimate of drug-likeness (QED) is 0.871. The van der Waals surface area contributed by atoms with E-state index in [0.29, 0.717) is 12.7 Å². The van der Waals surface area contributed by atoms with E-state index in [2.05, 4.69) is 19.2 Å². The van der Waals surface area contributed by atoms with Crippen molar-refractivity contribution in [1.29, 1.82) is 0 Å². The molecule has 1 aliphatic carbocycles. The zero-order chi connectivity index (χ0) is 13.0. The Labute approximate surface area is 110 Å². The number of rotatable bonds is 5. The van der Waals surface area contributed by atoms with Crippen LogP contribution in [0.1, 0.15) is 44.4 Å². The van der Waals surface area contributed by atoms with Crippen molar-refractivity contribution in [2.45, 2.75) is 52.4 Å². The third kappa shape index (κ3) is 3.36. The number of hydrogen-bond acceptors (Lipinski definition) is 3. The summed E-state index contributed by atoms with van der Waals surface area (Å²) in [6, 6.07) is 2.01. The van der Waals surface area contributed by atoms with Crippen LogP contribution in [0.5, 0.6) is 0 Å². The minimum absolute atomic E-state index is 0.406. The Morgan fingerprint density at radius 3 is 2.89 bits per heavy atom.